The van der Waals surface area contributed by atoms with Gasteiger partial charge in [-0.3, -0.25) is 4.57 Å². The Morgan fingerprint density at radius 3 is 2.71 bits per heavy atom. The van der Waals surface area contributed by atoms with Gasteiger partial charge in [-0.1, -0.05) is 36.9 Å². The third kappa shape index (κ3) is 5.84. The maximum Gasteiger partial charge on any atom is 0.232 e. The summed E-state index contributed by atoms with van der Waals surface area (Å²) < 4.78 is 8.16. The fourth-order valence-electron chi connectivity index (χ4n) is 4.50. The van der Waals surface area contributed by atoms with Crippen LogP contribution in [0.5, 0.6) is 0 Å². The number of anilines is 4. The number of ether oxygens (including phenoxy) is 1. The number of thioether (sulfide) groups is 1. The fourth-order valence-corrected chi connectivity index (χ4v) is 5.30. The van der Waals surface area contributed by atoms with Gasteiger partial charge in [0, 0.05) is 25.4 Å². The number of para-hydroxylation sites is 1. The number of hydrogen-bond acceptors (Lipinski definition) is 10. The highest BCUT2D eigenvalue weighted by Crippen LogP contribution is 2.29. The highest BCUT2D eigenvalue weighted by Gasteiger charge is 2.26. The predicted molar refractivity (Wildman–Crippen MR) is 138 cm³/mol. The molecule has 1 unspecified atom stereocenters. The molecule has 2 fully saturated rings. The first-order valence-corrected chi connectivity index (χ1v) is 13.3. The lowest BCUT2D eigenvalue weighted by Gasteiger charge is -2.31. The van der Waals surface area contributed by atoms with Crippen LogP contribution in [0.1, 0.15) is 44.0 Å². The van der Waals surface area contributed by atoms with Crippen molar-refractivity contribution < 1.29 is 4.74 Å². The number of nitrogens with two attached hydrogens (primary N) is 1. The van der Waals surface area contributed by atoms with Crippen LogP contribution in [0.3, 0.4) is 0 Å². The molecule has 0 aliphatic carbocycles. The van der Waals surface area contributed by atoms with Crippen molar-refractivity contribution in [2.45, 2.75) is 63.1 Å². The van der Waals surface area contributed by atoms with Gasteiger partial charge in [-0.15, -0.1) is 10.2 Å². The first-order valence-electron chi connectivity index (χ1n) is 12.3. The van der Waals surface area contributed by atoms with Gasteiger partial charge in [0.2, 0.25) is 17.8 Å². The number of nitrogens with zero attached hydrogens (tertiary/aromatic N) is 7. The molecule has 3 N–H and O–H groups in total. The van der Waals surface area contributed by atoms with E-state index < -0.39 is 0 Å². The zero-order valence-electron chi connectivity index (χ0n) is 20.4. The van der Waals surface area contributed by atoms with E-state index in [1.807, 2.05) is 31.2 Å². The molecule has 2 aromatic heterocycles. The van der Waals surface area contributed by atoms with Crippen molar-refractivity contribution in [2.24, 2.45) is 5.92 Å². The topological polar surface area (TPSA) is 120 Å². The molecule has 0 radical (unpaired) electrons. The van der Waals surface area contributed by atoms with Gasteiger partial charge in [0.05, 0.1) is 18.4 Å². The first-order chi connectivity index (χ1) is 17.0. The van der Waals surface area contributed by atoms with Gasteiger partial charge in [-0.25, -0.2) is 0 Å². The maximum absolute atomic E-state index is 6.00. The highest BCUT2D eigenvalue weighted by molar-refractivity contribution is 7.98. The third-order valence-electron chi connectivity index (χ3n) is 6.59. The number of hydrogen-bond donors (Lipinski definition) is 2. The van der Waals surface area contributed by atoms with E-state index >= 15 is 0 Å². The van der Waals surface area contributed by atoms with E-state index in [9.17, 15) is 0 Å². The molecule has 35 heavy (non-hydrogen) atoms. The summed E-state index contributed by atoms with van der Waals surface area (Å²) >= 11 is 1.57. The molecule has 0 saturated carbocycles. The molecule has 2 saturated heterocycles. The van der Waals surface area contributed by atoms with E-state index in [1.165, 1.54) is 12.8 Å². The van der Waals surface area contributed by atoms with Crippen molar-refractivity contribution >= 4 is 35.3 Å². The maximum atomic E-state index is 6.00. The van der Waals surface area contributed by atoms with E-state index in [0.717, 1.165) is 67.4 Å². The number of rotatable bonds is 8. The molecular weight excluding hydrogens is 462 g/mol. The van der Waals surface area contributed by atoms with Crippen molar-refractivity contribution in [1.82, 2.24) is 29.7 Å². The lowest BCUT2D eigenvalue weighted by Crippen LogP contribution is -2.35. The average Bonchev–Trinajstić information content (AvgIpc) is 3.50. The first kappa shape index (κ1) is 23.8. The van der Waals surface area contributed by atoms with Crippen LogP contribution in [0.2, 0.25) is 0 Å². The molecule has 3 aromatic rings. The van der Waals surface area contributed by atoms with E-state index in [2.05, 4.69) is 46.9 Å². The number of nitrogens with one attached hydrogen (secondary N) is 1. The molecule has 2 aliphatic heterocycles. The molecule has 1 aromatic carbocycles. The summed E-state index contributed by atoms with van der Waals surface area (Å²) in [6, 6.07) is 7.99. The van der Waals surface area contributed by atoms with E-state index in [0.29, 0.717) is 17.5 Å². The zero-order valence-corrected chi connectivity index (χ0v) is 21.2. The van der Waals surface area contributed by atoms with Crippen molar-refractivity contribution in [2.75, 3.05) is 35.6 Å². The quantitative estimate of drug-likeness (QED) is 0.446. The minimum atomic E-state index is 0.190. The Labute approximate surface area is 210 Å². The molecule has 2 aliphatic rings. The molecular formula is C24H33N9OS. The summed E-state index contributed by atoms with van der Waals surface area (Å²) in [5.74, 6) is 3.43. The molecule has 0 spiro atoms. The van der Waals surface area contributed by atoms with Crippen LogP contribution >= 0.6 is 11.8 Å². The Hall–Kier alpha value is -2.92. The van der Waals surface area contributed by atoms with Crippen molar-refractivity contribution in [1.29, 1.82) is 0 Å². The Morgan fingerprint density at radius 1 is 1.11 bits per heavy atom. The third-order valence-corrected chi connectivity index (χ3v) is 7.56. The number of benzene rings is 1. The lowest BCUT2D eigenvalue weighted by atomic mass is 10.00. The number of piperidine rings is 1. The zero-order chi connectivity index (χ0) is 24.2. The summed E-state index contributed by atoms with van der Waals surface area (Å²) in [6.45, 7) is 7.95. The molecule has 186 valence electrons. The van der Waals surface area contributed by atoms with Crippen LogP contribution in [-0.2, 0) is 17.0 Å². The minimum absolute atomic E-state index is 0.190. The van der Waals surface area contributed by atoms with Crippen molar-refractivity contribution in [3.63, 3.8) is 0 Å². The molecule has 0 amide bonds. The van der Waals surface area contributed by atoms with Gasteiger partial charge in [0.1, 0.15) is 5.82 Å². The fraction of sp³-hybridized carbons (Fsp3) is 0.542. The van der Waals surface area contributed by atoms with E-state index in [-0.39, 0.29) is 12.1 Å². The second-order valence-electron chi connectivity index (χ2n) is 9.36. The van der Waals surface area contributed by atoms with Crippen molar-refractivity contribution in [3.8, 4) is 0 Å². The van der Waals surface area contributed by atoms with Crippen LogP contribution < -0.4 is 16.0 Å². The van der Waals surface area contributed by atoms with Crippen LogP contribution in [0, 0.1) is 12.8 Å². The molecule has 10 nitrogen and oxygen atoms in total. The minimum Gasteiger partial charge on any atom is -0.376 e. The van der Waals surface area contributed by atoms with E-state index in [4.69, 9.17) is 10.5 Å². The summed E-state index contributed by atoms with van der Waals surface area (Å²) in [7, 11) is 0. The largest absolute Gasteiger partial charge is 0.376 e. The Bertz CT molecular complexity index is 1140. The predicted octanol–water partition coefficient (Wildman–Crippen LogP) is 3.80. The monoisotopic (exact) mass is 495 g/mol. The van der Waals surface area contributed by atoms with Crippen LogP contribution in [0.25, 0.3) is 0 Å². The molecule has 1 atom stereocenters. The number of aromatic nitrogens is 6. The van der Waals surface area contributed by atoms with Gasteiger partial charge in [-0.2, -0.15) is 15.0 Å². The highest BCUT2D eigenvalue weighted by atomic mass is 32.2. The van der Waals surface area contributed by atoms with Crippen LogP contribution in [0.4, 0.5) is 23.5 Å². The van der Waals surface area contributed by atoms with Gasteiger partial charge >= 0.3 is 0 Å². The van der Waals surface area contributed by atoms with E-state index in [1.54, 1.807) is 11.8 Å². The normalized spacial score (nSPS) is 18.8. The smallest absolute Gasteiger partial charge is 0.232 e. The van der Waals surface area contributed by atoms with Crippen molar-refractivity contribution in [3.05, 3.63) is 35.7 Å². The molecule has 0 bridgehead atoms. The standard InChI is InChI=1S/C24H33N9OS/c1-16-9-11-32(12-10-16)23-30-31-24(33(23)14-18-7-5-13-34-18)35-15-20-27-21(25)29-22(28-20)26-19-8-4-3-6-17(19)2/h3-4,6,8,16,18H,5,7,9-15H2,1-2H3,(H3,25,26,27,28,29). The van der Waals surface area contributed by atoms with Crippen LogP contribution in [0.15, 0.2) is 29.4 Å². The summed E-state index contributed by atoms with van der Waals surface area (Å²) in [5.41, 5.74) is 8.04. The van der Waals surface area contributed by atoms with Gasteiger partial charge in [-0.05, 0) is 50.2 Å². The Kier molecular flexibility index (Phi) is 7.33. The summed E-state index contributed by atoms with van der Waals surface area (Å²) in [4.78, 5) is 15.6. The Balaban J connectivity index is 1.33. The second kappa shape index (κ2) is 10.8. The number of aryl methyl sites for hydroxylation is 1. The SMILES string of the molecule is Cc1ccccc1Nc1nc(N)nc(CSc2nnc(N3CCC(C)CC3)n2CC2CCCO2)n1. The summed E-state index contributed by atoms with van der Waals surface area (Å²) in [5, 5.41) is 13.2. The lowest BCUT2D eigenvalue weighted by molar-refractivity contribution is 0.0951. The molecule has 4 heterocycles. The number of nitrogen functional groups attached to an aromatic ring is 1. The van der Waals surface area contributed by atoms with Crippen LogP contribution in [-0.4, -0.2) is 55.5 Å². The Morgan fingerprint density at radius 2 is 1.94 bits per heavy atom. The van der Waals surface area contributed by atoms with Gasteiger partial charge in [0.25, 0.3) is 0 Å². The van der Waals surface area contributed by atoms with Gasteiger partial charge in [0.15, 0.2) is 5.16 Å². The van der Waals surface area contributed by atoms with Gasteiger partial charge < -0.3 is 20.7 Å². The summed E-state index contributed by atoms with van der Waals surface area (Å²) in [6.07, 6.45) is 4.72. The molecule has 11 heteroatoms. The second-order valence-corrected chi connectivity index (χ2v) is 10.3. The average molecular weight is 496 g/mol. The molecule has 5 rings (SSSR count).